The van der Waals surface area contributed by atoms with Crippen LogP contribution in [0.3, 0.4) is 0 Å². The van der Waals surface area contributed by atoms with Gasteiger partial charge in [0.1, 0.15) is 17.6 Å². The molecule has 1 rings (SSSR count). The summed E-state index contributed by atoms with van der Waals surface area (Å²) in [6.07, 6.45) is -0.540. The second-order valence-electron chi connectivity index (χ2n) is 2.46. The average molecular weight is 244 g/mol. The molecule has 0 aromatic heterocycles. The topological polar surface area (TPSA) is 33.0 Å². The third kappa shape index (κ3) is 2.71. The highest BCUT2D eigenvalue weighted by molar-refractivity contribution is 9.10. The maximum atomic E-state index is 12.6. The Morgan fingerprint density at radius 1 is 1.62 bits per heavy atom. The molecule has 2 nitrogen and oxygen atoms in total. The van der Waals surface area contributed by atoms with Gasteiger partial charge in [-0.05, 0) is 41.1 Å². The first kappa shape index (κ1) is 10.0. The molecule has 0 saturated heterocycles. The molecule has 0 N–H and O–H groups in total. The molecule has 1 unspecified atom stereocenters. The van der Waals surface area contributed by atoms with Crippen molar-refractivity contribution in [1.82, 2.24) is 0 Å². The average Bonchev–Trinajstić information content (AvgIpc) is 2.09. The normalized spacial score (nSPS) is 11.8. The van der Waals surface area contributed by atoms with E-state index in [1.165, 1.54) is 18.2 Å². The van der Waals surface area contributed by atoms with Gasteiger partial charge in [0, 0.05) is 0 Å². The van der Waals surface area contributed by atoms with Crippen LogP contribution in [0.4, 0.5) is 4.39 Å². The van der Waals surface area contributed by atoms with Crippen LogP contribution in [0.2, 0.25) is 0 Å². The van der Waals surface area contributed by atoms with Crippen molar-refractivity contribution in [3.05, 3.63) is 28.5 Å². The number of halogens is 2. The van der Waals surface area contributed by atoms with Crippen molar-refractivity contribution in [3.8, 4) is 11.8 Å². The minimum absolute atomic E-state index is 0.344. The fourth-order valence-corrected chi connectivity index (χ4v) is 1.23. The molecule has 1 atom stereocenters. The van der Waals surface area contributed by atoms with E-state index in [4.69, 9.17) is 10.00 Å². The maximum absolute atomic E-state index is 12.6. The van der Waals surface area contributed by atoms with Gasteiger partial charge in [-0.3, -0.25) is 0 Å². The molecule has 0 aliphatic heterocycles. The van der Waals surface area contributed by atoms with Crippen LogP contribution >= 0.6 is 15.9 Å². The quantitative estimate of drug-likeness (QED) is 0.801. The molecule has 0 heterocycles. The molecular weight excluding hydrogens is 237 g/mol. The zero-order valence-electron chi connectivity index (χ0n) is 6.92. The Labute approximate surface area is 84.1 Å². The summed E-state index contributed by atoms with van der Waals surface area (Å²) in [6, 6.07) is 5.97. The first-order valence-corrected chi connectivity index (χ1v) is 4.44. The van der Waals surface area contributed by atoms with E-state index in [0.29, 0.717) is 10.2 Å². The zero-order chi connectivity index (χ0) is 9.84. The SMILES string of the molecule is CC(C#N)Oc1ccc(F)cc1Br. The van der Waals surface area contributed by atoms with Gasteiger partial charge in [-0.25, -0.2) is 4.39 Å². The van der Waals surface area contributed by atoms with Crippen LogP contribution in [0.15, 0.2) is 22.7 Å². The standard InChI is InChI=1S/C9H7BrFNO/c1-6(5-12)13-9-3-2-7(11)4-8(9)10/h2-4,6H,1H3. The molecule has 4 heteroatoms. The van der Waals surface area contributed by atoms with Crippen molar-refractivity contribution in [2.45, 2.75) is 13.0 Å². The summed E-state index contributed by atoms with van der Waals surface area (Å²) in [5.74, 6) is 0.124. The summed E-state index contributed by atoms with van der Waals surface area (Å²) in [7, 11) is 0. The summed E-state index contributed by atoms with van der Waals surface area (Å²) >= 11 is 3.13. The van der Waals surface area contributed by atoms with E-state index in [0.717, 1.165) is 0 Å². The lowest BCUT2D eigenvalue weighted by molar-refractivity contribution is 0.274. The smallest absolute Gasteiger partial charge is 0.181 e. The Morgan fingerprint density at radius 2 is 2.31 bits per heavy atom. The minimum atomic E-state index is -0.540. The number of ether oxygens (including phenoxy) is 1. The molecule has 13 heavy (non-hydrogen) atoms. The third-order valence-electron chi connectivity index (χ3n) is 1.38. The summed E-state index contributed by atoms with van der Waals surface area (Å²) in [4.78, 5) is 0. The van der Waals surface area contributed by atoms with E-state index < -0.39 is 6.10 Å². The van der Waals surface area contributed by atoms with Crippen LogP contribution in [-0.4, -0.2) is 6.10 Å². The van der Waals surface area contributed by atoms with Gasteiger partial charge < -0.3 is 4.74 Å². The molecule has 68 valence electrons. The van der Waals surface area contributed by atoms with Crippen LogP contribution in [-0.2, 0) is 0 Å². The molecule has 0 spiro atoms. The van der Waals surface area contributed by atoms with Gasteiger partial charge in [-0.1, -0.05) is 0 Å². The lowest BCUT2D eigenvalue weighted by Crippen LogP contribution is -2.08. The van der Waals surface area contributed by atoms with Crippen LogP contribution in [0.25, 0.3) is 0 Å². The van der Waals surface area contributed by atoms with Crippen molar-refractivity contribution in [1.29, 1.82) is 5.26 Å². The third-order valence-corrected chi connectivity index (χ3v) is 2.00. The maximum Gasteiger partial charge on any atom is 0.181 e. The highest BCUT2D eigenvalue weighted by Crippen LogP contribution is 2.26. The molecule has 0 saturated carbocycles. The highest BCUT2D eigenvalue weighted by atomic mass is 79.9. The van der Waals surface area contributed by atoms with Gasteiger partial charge in [0.25, 0.3) is 0 Å². The largest absolute Gasteiger partial charge is 0.475 e. The summed E-state index contributed by atoms with van der Waals surface area (Å²) < 4.78 is 18.3. The molecule has 0 amide bonds. The lowest BCUT2D eigenvalue weighted by atomic mass is 10.3. The van der Waals surface area contributed by atoms with Crippen LogP contribution in [0.5, 0.6) is 5.75 Å². The molecule has 0 aliphatic rings. The fourth-order valence-electron chi connectivity index (χ4n) is 0.788. The van der Waals surface area contributed by atoms with E-state index in [2.05, 4.69) is 15.9 Å². The Bertz CT molecular complexity index is 348. The van der Waals surface area contributed by atoms with Gasteiger partial charge in [0.2, 0.25) is 0 Å². The van der Waals surface area contributed by atoms with Gasteiger partial charge in [0.05, 0.1) is 4.47 Å². The molecule has 0 radical (unpaired) electrons. The predicted molar refractivity (Wildman–Crippen MR) is 49.8 cm³/mol. The van der Waals surface area contributed by atoms with Crippen molar-refractivity contribution >= 4 is 15.9 Å². The van der Waals surface area contributed by atoms with E-state index in [9.17, 15) is 4.39 Å². The molecule has 0 fully saturated rings. The second-order valence-corrected chi connectivity index (χ2v) is 3.32. The number of hydrogen-bond acceptors (Lipinski definition) is 2. The van der Waals surface area contributed by atoms with Gasteiger partial charge in [0.15, 0.2) is 6.10 Å². The Morgan fingerprint density at radius 3 is 2.85 bits per heavy atom. The predicted octanol–water partition coefficient (Wildman–Crippen LogP) is 2.88. The summed E-state index contributed by atoms with van der Waals surface area (Å²) in [6.45, 7) is 1.62. The Kier molecular flexibility index (Phi) is 3.26. The first-order chi connectivity index (χ1) is 6.13. The molecule has 1 aromatic rings. The van der Waals surface area contributed by atoms with Gasteiger partial charge in [-0.15, -0.1) is 0 Å². The van der Waals surface area contributed by atoms with E-state index in [1.54, 1.807) is 6.92 Å². The van der Waals surface area contributed by atoms with Crippen molar-refractivity contribution in [2.24, 2.45) is 0 Å². The van der Waals surface area contributed by atoms with Gasteiger partial charge >= 0.3 is 0 Å². The molecular formula is C9H7BrFNO. The zero-order valence-corrected chi connectivity index (χ0v) is 8.51. The van der Waals surface area contributed by atoms with E-state index in [-0.39, 0.29) is 5.82 Å². The molecule has 0 bridgehead atoms. The van der Waals surface area contributed by atoms with Crippen molar-refractivity contribution in [3.63, 3.8) is 0 Å². The Balaban J connectivity index is 2.85. The van der Waals surface area contributed by atoms with Gasteiger partial charge in [-0.2, -0.15) is 5.26 Å². The molecule has 1 aromatic carbocycles. The van der Waals surface area contributed by atoms with Crippen LogP contribution in [0, 0.1) is 17.1 Å². The highest BCUT2D eigenvalue weighted by Gasteiger charge is 2.06. The number of hydrogen-bond donors (Lipinski definition) is 0. The van der Waals surface area contributed by atoms with Crippen LogP contribution in [0.1, 0.15) is 6.92 Å². The summed E-state index contributed by atoms with van der Waals surface area (Å²) in [5.41, 5.74) is 0. The number of benzene rings is 1. The Hall–Kier alpha value is -1.08. The first-order valence-electron chi connectivity index (χ1n) is 3.65. The van der Waals surface area contributed by atoms with Crippen molar-refractivity contribution in [2.75, 3.05) is 0 Å². The number of nitrogens with zero attached hydrogens (tertiary/aromatic N) is 1. The monoisotopic (exact) mass is 243 g/mol. The lowest BCUT2D eigenvalue weighted by Gasteiger charge is -2.08. The summed E-state index contributed by atoms with van der Waals surface area (Å²) in [5, 5.41) is 8.48. The minimum Gasteiger partial charge on any atom is -0.475 e. The fraction of sp³-hybridized carbons (Fsp3) is 0.222. The van der Waals surface area contributed by atoms with E-state index >= 15 is 0 Å². The van der Waals surface area contributed by atoms with E-state index in [1.807, 2.05) is 6.07 Å². The number of rotatable bonds is 2. The molecule has 0 aliphatic carbocycles. The second kappa shape index (κ2) is 4.24. The van der Waals surface area contributed by atoms with Crippen molar-refractivity contribution < 1.29 is 9.13 Å². The van der Waals surface area contributed by atoms with Crippen LogP contribution < -0.4 is 4.74 Å². The number of nitriles is 1.